The highest BCUT2D eigenvalue weighted by Gasteiger charge is 2.35. The van der Waals surface area contributed by atoms with Gasteiger partial charge in [0.25, 0.3) is 0 Å². The second kappa shape index (κ2) is 6.01. The molecule has 0 saturated carbocycles. The Hall–Kier alpha value is -2.00. The molecule has 1 aromatic carbocycles. The molecule has 22 heavy (non-hydrogen) atoms. The fourth-order valence-corrected chi connectivity index (χ4v) is 2.82. The van der Waals surface area contributed by atoms with Gasteiger partial charge >= 0.3 is 6.03 Å². The van der Waals surface area contributed by atoms with Crippen molar-refractivity contribution in [2.45, 2.75) is 26.8 Å². The number of nitrogens with one attached hydrogen (secondary N) is 2. The second-order valence-electron chi connectivity index (χ2n) is 6.07. The van der Waals surface area contributed by atoms with E-state index < -0.39 is 6.04 Å². The number of allylic oxidation sites excluding steroid dienone is 1. The van der Waals surface area contributed by atoms with E-state index in [-0.39, 0.29) is 11.4 Å². The smallest absolute Gasteiger partial charge is 0.319 e. The summed E-state index contributed by atoms with van der Waals surface area (Å²) in [6, 6.07) is 6.88. The number of ether oxygens (including phenoxy) is 1. The largest absolute Gasteiger partial charge is 0.496 e. The molecule has 1 aliphatic rings. The van der Waals surface area contributed by atoms with Crippen molar-refractivity contribution in [2.75, 3.05) is 7.11 Å². The van der Waals surface area contributed by atoms with Gasteiger partial charge in [-0.15, -0.1) is 0 Å². The number of halogens is 1. The SMILES string of the molecule is COc1ccc(Br)cc1[C@@H]1NC(=O)NC(C(C)(C)C)=C1C#N. The number of carbonyl (C=O) groups is 1. The quantitative estimate of drug-likeness (QED) is 0.842. The summed E-state index contributed by atoms with van der Waals surface area (Å²) in [5.41, 5.74) is 1.51. The highest BCUT2D eigenvalue weighted by atomic mass is 79.9. The van der Waals surface area contributed by atoms with Crippen LogP contribution in [0.3, 0.4) is 0 Å². The van der Waals surface area contributed by atoms with Crippen LogP contribution in [-0.4, -0.2) is 13.1 Å². The Morgan fingerprint density at radius 2 is 2.05 bits per heavy atom. The summed E-state index contributed by atoms with van der Waals surface area (Å²) in [4.78, 5) is 12.0. The monoisotopic (exact) mass is 363 g/mol. The molecule has 1 atom stereocenters. The van der Waals surface area contributed by atoms with Crippen LogP contribution in [-0.2, 0) is 0 Å². The minimum absolute atomic E-state index is 0.323. The van der Waals surface area contributed by atoms with Gasteiger partial charge < -0.3 is 15.4 Å². The first-order chi connectivity index (χ1) is 10.3. The van der Waals surface area contributed by atoms with E-state index in [9.17, 15) is 10.1 Å². The molecule has 1 aliphatic heterocycles. The predicted octanol–water partition coefficient (Wildman–Crippen LogP) is 3.64. The van der Waals surface area contributed by atoms with Gasteiger partial charge in [0.05, 0.1) is 24.8 Å². The number of hydrogen-bond donors (Lipinski definition) is 2. The van der Waals surface area contributed by atoms with Crippen LogP contribution < -0.4 is 15.4 Å². The molecule has 2 rings (SSSR count). The van der Waals surface area contributed by atoms with Gasteiger partial charge in [0, 0.05) is 21.1 Å². The Kier molecular flexibility index (Phi) is 4.47. The third-order valence-electron chi connectivity index (χ3n) is 3.45. The van der Waals surface area contributed by atoms with Gasteiger partial charge in [-0.25, -0.2) is 4.79 Å². The zero-order chi connectivity index (χ0) is 16.5. The summed E-state index contributed by atoms with van der Waals surface area (Å²) in [7, 11) is 1.57. The second-order valence-corrected chi connectivity index (χ2v) is 6.98. The van der Waals surface area contributed by atoms with Crippen LogP contribution in [0.5, 0.6) is 5.75 Å². The Balaban J connectivity index is 2.66. The third kappa shape index (κ3) is 3.09. The van der Waals surface area contributed by atoms with E-state index in [0.29, 0.717) is 17.0 Å². The molecule has 2 N–H and O–H groups in total. The van der Waals surface area contributed by atoms with Gasteiger partial charge in [-0.05, 0) is 18.2 Å². The minimum Gasteiger partial charge on any atom is -0.496 e. The lowest BCUT2D eigenvalue weighted by atomic mass is 9.84. The molecular weight excluding hydrogens is 346 g/mol. The Morgan fingerprint density at radius 3 is 2.59 bits per heavy atom. The third-order valence-corrected chi connectivity index (χ3v) is 3.94. The average Bonchev–Trinajstić information content (AvgIpc) is 2.45. The molecule has 0 aliphatic carbocycles. The molecular formula is C16H18BrN3O2. The zero-order valence-corrected chi connectivity index (χ0v) is 14.5. The van der Waals surface area contributed by atoms with Gasteiger partial charge in [-0.1, -0.05) is 36.7 Å². The number of rotatable bonds is 2. The van der Waals surface area contributed by atoms with Crippen molar-refractivity contribution in [3.8, 4) is 11.8 Å². The minimum atomic E-state index is -0.541. The van der Waals surface area contributed by atoms with Gasteiger partial charge in [0.15, 0.2) is 0 Å². The highest BCUT2D eigenvalue weighted by Crippen LogP contribution is 2.38. The predicted molar refractivity (Wildman–Crippen MR) is 87.2 cm³/mol. The zero-order valence-electron chi connectivity index (χ0n) is 13.0. The lowest BCUT2D eigenvalue weighted by Gasteiger charge is -2.33. The van der Waals surface area contributed by atoms with Crippen molar-refractivity contribution in [3.63, 3.8) is 0 Å². The number of carbonyl (C=O) groups excluding carboxylic acids is 1. The van der Waals surface area contributed by atoms with Crippen LogP contribution in [0.2, 0.25) is 0 Å². The first-order valence-electron chi connectivity index (χ1n) is 6.83. The Morgan fingerprint density at radius 1 is 1.36 bits per heavy atom. The van der Waals surface area contributed by atoms with E-state index in [1.165, 1.54) is 0 Å². The Bertz CT molecular complexity index is 684. The van der Waals surface area contributed by atoms with Crippen molar-refractivity contribution >= 4 is 22.0 Å². The Labute approximate surface area is 138 Å². The van der Waals surface area contributed by atoms with Crippen molar-refractivity contribution < 1.29 is 9.53 Å². The van der Waals surface area contributed by atoms with E-state index in [0.717, 1.165) is 10.0 Å². The number of nitriles is 1. The van der Waals surface area contributed by atoms with Gasteiger partial charge in [-0.3, -0.25) is 0 Å². The van der Waals surface area contributed by atoms with E-state index >= 15 is 0 Å². The average molecular weight is 364 g/mol. The summed E-state index contributed by atoms with van der Waals surface area (Å²) < 4.78 is 6.23. The van der Waals surface area contributed by atoms with Crippen molar-refractivity contribution in [3.05, 3.63) is 39.5 Å². The van der Waals surface area contributed by atoms with Crippen molar-refractivity contribution in [1.82, 2.24) is 10.6 Å². The van der Waals surface area contributed by atoms with E-state index in [1.54, 1.807) is 13.2 Å². The van der Waals surface area contributed by atoms with Crippen LogP contribution in [0.25, 0.3) is 0 Å². The first kappa shape index (κ1) is 16.4. The maximum Gasteiger partial charge on any atom is 0.319 e. The molecule has 1 aromatic rings. The maximum atomic E-state index is 12.0. The van der Waals surface area contributed by atoms with Crippen molar-refractivity contribution in [1.29, 1.82) is 5.26 Å². The molecule has 0 bridgehead atoms. The van der Waals surface area contributed by atoms with Gasteiger partial charge in [0.2, 0.25) is 0 Å². The standard InChI is InChI=1S/C16H18BrN3O2/c1-16(2,3)14-11(8-18)13(19-15(21)20-14)10-7-9(17)5-6-12(10)22-4/h5-7,13H,1-4H3,(H2,19,20,21)/t13-/m0/s1. The van der Waals surface area contributed by atoms with Crippen LogP contribution in [0.1, 0.15) is 32.4 Å². The molecule has 5 nitrogen and oxygen atoms in total. The van der Waals surface area contributed by atoms with Crippen LogP contribution in [0.15, 0.2) is 33.9 Å². The van der Waals surface area contributed by atoms with Crippen LogP contribution in [0.4, 0.5) is 4.79 Å². The highest BCUT2D eigenvalue weighted by molar-refractivity contribution is 9.10. The van der Waals surface area contributed by atoms with E-state index in [1.807, 2.05) is 32.9 Å². The van der Waals surface area contributed by atoms with Crippen molar-refractivity contribution in [2.24, 2.45) is 5.41 Å². The van der Waals surface area contributed by atoms with Gasteiger partial charge in [0.1, 0.15) is 5.75 Å². The molecule has 6 heteroatoms. The topological polar surface area (TPSA) is 74.2 Å². The number of amides is 2. The summed E-state index contributed by atoms with van der Waals surface area (Å²) in [5, 5.41) is 15.2. The van der Waals surface area contributed by atoms with Crippen LogP contribution >= 0.6 is 15.9 Å². The molecule has 116 valence electrons. The molecule has 1 heterocycles. The van der Waals surface area contributed by atoms with E-state index in [2.05, 4.69) is 32.6 Å². The molecule has 0 unspecified atom stereocenters. The first-order valence-corrected chi connectivity index (χ1v) is 7.63. The normalized spacial score (nSPS) is 18.4. The van der Waals surface area contributed by atoms with Gasteiger partial charge in [-0.2, -0.15) is 5.26 Å². The van der Waals surface area contributed by atoms with E-state index in [4.69, 9.17) is 4.74 Å². The maximum absolute atomic E-state index is 12.0. The molecule has 0 radical (unpaired) electrons. The molecule has 0 aromatic heterocycles. The molecule has 0 saturated heterocycles. The fraction of sp³-hybridized carbons (Fsp3) is 0.375. The fourth-order valence-electron chi connectivity index (χ4n) is 2.44. The summed E-state index contributed by atoms with van der Waals surface area (Å²) in [6.45, 7) is 5.88. The molecule has 0 spiro atoms. The summed E-state index contributed by atoms with van der Waals surface area (Å²) >= 11 is 3.42. The number of benzene rings is 1. The lowest BCUT2D eigenvalue weighted by Crippen LogP contribution is -2.46. The van der Waals surface area contributed by atoms with Crippen LogP contribution in [0, 0.1) is 16.7 Å². The number of hydrogen-bond acceptors (Lipinski definition) is 3. The molecule has 0 fully saturated rings. The molecule has 2 amide bonds. The summed E-state index contributed by atoms with van der Waals surface area (Å²) in [5.74, 6) is 0.622. The lowest BCUT2D eigenvalue weighted by molar-refractivity contribution is 0.234. The number of methoxy groups -OCH3 is 1. The summed E-state index contributed by atoms with van der Waals surface area (Å²) in [6.07, 6.45) is 0. The number of nitrogens with zero attached hydrogens (tertiary/aromatic N) is 1. The number of urea groups is 1.